The SMILES string of the molecule is Cc1ccccc1O.n1p[nH][pH][nH][pH]1. The standard InChI is InChI=1S/C7H8O.H4N3P3/c1-6-4-2-3-5-7(6)8;1-4-2-6-3-5-1/h2-5,8H,1H3;1,4-5H,(H,2,3). The lowest BCUT2D eigenvalue weighted by Gasteiger charge is -1.92. The summed E-state index contributed by atoms with van der Waals surface area (Å²) in [6.07, 6.45) is 0. The molecule has 0 aliphatic heterocycles. The van der Waals surface area contributed by atoms with Crippen molar-refractivity contribution in [2.24, 2.45) is 0 Å². The molecule has 0 aliphatic carbocycles. The fourth-order valence-electron chi connectivity index (χ4n) is 0.719. The first-order chi connectivity index (χ1) is 6.80. The number of para-hydroxylation sites is 1. The highest BCUT2D eigenvalue weighted by Gasteiger charge is 1.86. The molecule has 1 aromatic heterocycles. The molecule has 4 nitrogen and oxygen atoms in total. The van der Waals surface area contributed by atoms with Crippen LogP contribution in [0.2, 0.25) is 0 Å². The van der Waals surface area contributed by atoms with Gasteiger partial charge in [0.15, 0.2) is 0 Å². The lowest BCUT2D eigenvalue weighted by molar-refractivity contribution is 0.471. The number of aromatic amines is 2. The fraction of sp³-hybridized carbons (Fsp3) is 0.143. The topological polar surface area (TPSA) is 64.7 Å². The molecule has 76 valence electrons. The Morgan fingerprint density at radius 2 is 2.21 bits per heavy atom. The fourth-order valence-corrected chi connectivity index (χ4v) is 3.37. The van der Waals surface area contributed by atoms with Gasteiger partial charge in [-0.3, -0.25) is 0 Å². The molecule has 0 aliphatic rings. The molecule has 2 unspecified atom stereocenters. The summed E-state index contributed by atoms with van der Waals surface area (Å²) >= 11 is 0. The van der Waals surface area contributed by atoms with Crippen molar-refractivity contribution >= 4 is 25.5 Å². The highest BCUT2D eigenvalue weighted by molar-refractivity contribution is 7.43. The molecular weight excluding hydrogens is 235 g/mol. The molecule has 2 aromatic rings. The molecule has 1 aromatic carbocycles. The second kappa shape index (κ2) is 6.73. The van der Waals surface area contributed by atoms with Crippen LogP contribution in [0.3, 0.4) is 0 Å². The molecule has 3 N–H and O–H groups in total. The minimum absolute atomic E-state index is 0.368. The summed E-state index contributed by atoms with van der Waals surface area (Å²) in [6.45, 7) is 1.87. The maximum absolute atomic E-state index is 8.92. The molecule has 0 saturated heterocycles. The van der Waals surface area contributed by atoms with Crippen molar-refractivity contribution in [3.05, 3.63) is 29.8 Å². The van der Waals surface area contributed by atoms with E-state index in [0.29, 0.717) is 22.8 Å². The van der Waals surface area contributed by atoms with Crippen LogP contribution in [0, 0.1) is 6.92 Å². The maximum atomic E-state index is 8.92. The van der Waals surface area contributed by atoms with E-state index in [-0.39, 0.29) is 0 Å². The summed E-state index contributed by atoms with van der Waals surface area (Å²) in [6, 6.07) is 7.25. The first kappa shape index (κ1) is 11.4. The van der Waals surface area contributed by atoms with Crippen LogP contribution in [-0.4, -0.2) is 18.6 Å². The Bertz CT molecular complexity index is 326. The molecule has 0 fully saturated rings. The van der Waals surface area contributed by atoms with Gasteiger partial charge in [-0.2, -0.15) is 4.51 Å². The van der Waals surface area contributed by atoms with Gasteiger partial charge in [0, 0.05) is 17.0 Å². The normalized spacial score (nSPS) is 10.4. The van der Waals surface area contributed by atoms with E-state index < -0.39 is 0 Å². The van der Waals surface area contributed by atoms with Crippen molar-refractivity contribution in [1.82, 2.24) is 13.5 Å². The number of rotatable bonds is 0. The largest absolute Gasteiger partial charge is 0.508 e. The summed E-state index contributed by atoms with van der Waals surface area (Å²) in [5.41, 5.74) is 0.924. The van der Waals surface area contributed by atoms with Crippen LogP contribution in [0.1, 0.15) is 5.56 Å². The van der Waals surface area contributed by atoms with Crippen LogP contribution >= 0.6 is 25.5 Å². The zero-order chi connectivity index (χ0) is 10.2. The van der Waals surface area contributed by atoms with Crippen molar-refractivity contribution in [1.29, 1.82) is 0 Å². The molecular formula is C7H12N3OP3. The quantitative estimate of drug-likeness (QED) is 0.669. The summed E-state index contributed by atoms with van der Waals surface area (Å²) in [5, 5.41) is 8.92. The van der Waals surface area contributed by atoms with Crippen molar-refractivity contribution in [2.75, 3.05) is 0 Å². The number of phenolic OH excluding ortho intramolecular Hbond substituents is 1. The van der Waals surface area contributed by atoms with Crippen molar-refractivity contribution in [3.63, 3.8) is 0 Å². The van der Waals surface area contributed by atoms with Gasteiger partial charge < -0.3 is 14.1 Å². The van der Waals surface area contributed by atoms with Gasteiger partial charge in [0.05, 0.1) is 0 Å². The van der Waals surface area contributed by atoms with E-state index in [9.17, 15) is 0 Å². The van der Waals surface area contributed by atoms with E-state index in [1.54, 1.807) is 6.07 Å². The summed E-state index contributed by atoms with van der Waals surface area (Å²) in [7, 11) is 2.36. The van der Waals surface area contributed by atoms with Gasteiger partial charge in [-0.1, -0.05) is 18.2 Å². The van der Waals surface area contributed by atoms with Gasteiger partial charge >= 0.3 is 0 Å². The summed E-state index contributed by atoms with van der Waals surface area (Å²) < 4.78 is 10.0. The molecule has 14 heavy (non-hydrogen) atoms. The van der Waals surface area contributed by atoms with Crippen molar-refractivity contribution in [3.8, 4) is 5.75 Å². The Kier molecular flexibility index (Phi) is 5.47. The Morgan fingerprint density at radius 3 is 2.50 bits per heavy atom. The maximum Gasteiger partial charge on any atom is 0.138 e. The zero-order valence-corrected chi connectivity index (χ0v) is 10.5. The van der Waals surface area contributed by atoms with E-state index >= 15 is 0 Å². The average Bonchev–Trinajstić information content (AvgIpc) is 2.26. The van der Waals surface area contributed by atoms with Gasteiger partial charge in [-0.15, -0.1) is 0 Å². The number of H-pyrrole nitrogens is 2. The number of phenols is 1. The van der Waals surface area contributed by atoms with E-state index in [1.165, 1.54) is 0 Å². The van der Waals surface area contributed by atoms with Crippen LogP contribution in [-0.2, 0) is 0 Å². The zero-order valence-electron chi connectivity index (χ0n) is 7.65. The van der Waals surface area contributed by atoms with Gasteiger partial charge in [0.1, 0.15) is 14.3 Å². The number of hydrogen-bond donors (Lipinski definition) is 3. The number of nitrogens with zero attached hydrogens (tertiary/aromatic N) is 1. The number of aromatic hydroxyl groups is 1. The first-order valence-corrected chi connectivity index (χ1v) is 6.74. The lowest BCUT2D eigenvalue weighted by Crippen LogP contribution is -1.68. The Balaban J connectivity index is 0.000000146. The molecule has 0 spiro atoms. The molecule has 7 heteroatoms. The Morgan fingerprint density at radius 1 is 1.43 bits per heavy atom. The van der Waals surface area contributed by atoms with Crippen LogP contribution < -0.4 is 0 Å². The monoisotopic (exact) mass is 247 g/mol. The van der Waals surface area contributed by atoms with Crippen LogP contribution in [0.5, 0.6) is 5.75 Å². The van der Waals surface area contributed by atoms with Crippen molar-refractivity contribution < 1.29 is 5.11 Å². The third-order valence-electron chi connectivity index (χ3n) is 1.44. The molecule has 0 radical (unpaired) electrons. The second-order valence-electron chi connectivity index (χ2n) is 2.46. The first-order valence-electron chi connectivity index (χ1n) is 3.95. The van der Waals surface area contributed by atoms with Gasteiger partial charge in [-0.05, 0) is 18.6 Å². The van der Waals surface area contributed by atoms with Crippen LogP contribution in [0.25, 0.3) is 0 Å². The lowest BCUT2D eigenvalue weighted by atomic mass is 10.2. The third kappa shape index (κ3) is 4.53. The van der Waals surface area contributed by atoms with Gasteiger partial charge in [0.25, 0.3) is 0 Å². The van der Waals surface area contributed by atoms with E-state index in [1.807, 2.05) is 25.1 Å². The predicted octanol–water partition coefficient (Wildman–Crippen LogP) is 3.21. The highest BCUT2D eigenvalue weighted by Crippen LogP contribution is 2.12. The smallest absolute Gasteiger partial charge is 0.138 e. The Hall–Kier alpha value is -0.680. The molecule has 2 atom stereocenters. The van der Waals surface area contributed by atoms with Gasteiger partial charge in [0.2, 0.25) is 0 Å². The third-order valence-corrected chi connectivity index (χ3v) is 4.03. The molecule has 0 amide bonds. The predicted molar refractivity (Wildman–Crippen MR) is 64.9 cm³/mol. The van der Waals surface area contributed by atoms with Crippen LogP contribution in [0.15, 0.2) is 24.3 Å². The highest BCUT2D eigenvalue weighted by atomic mass is 31.1. The average molecular weight is 247 g/mol. The van der Waals surface area contributed by atoms with E-state index in [4.69, 9.17) is 5.11 Å². The minimum Gasteiger partial charge on any atom is -0.508 e. The van der Waals surface area contributed by atoms with E-state index in [0.717, 1.165) is 14.1 Å². The molecule has 1 heterocycles. The second-order valence-corrected chi connectivity index (χ2v) is 5.83. The molecule has 2 rings (SSSR count). The summed E-state index contributed by atoms with van der Waals surface area (Å²) in [5.74, 6) is 0.368. The number of benzene rings is 1. The number of aryl methyl sites for hydroxylation is 1. The minimum atomic E-state index is 0.368. The molecule has 0 saturated carbocycles. The number of nitrogens with one attached hydrogen (secondary N) is 2. The number of aromatic nitrogens is 3. The molecule has 0 bridgehead atoms. The number of hydrogen-bond acceptors (Lipinski definition) is 2. The Labute approximate surface area is 87.2 Å². The van der Waals surface area contributed by atoms with Crippen molar-refractivity contribution in [2.45, 2.75) is 6.92 Å². The summed E-state index contributed by atoms with van der Waals surface area (Å²) in [4.78, 5) is 0. The van der Waals surface area contributed by atoms with E-state index in [2.05, 4.69) is 13.5 Å². The van der Waals surface area contributed by atoms with Gasteiger partial charge in [-0.25, -0.2) is 0 Å². The van der Waals surface area contributed by atoms with Crippen LogP contribution in [0.4, 0.5) is 0 Å².